The van der Waals surface area contributed by atoms with Crippen molar-refractivity contribution in [2.75, 3.05) is 13.7 Å². The first-order chi connectivity index (χ1) is 15.6. The Morgan fingerprint density at radius 1 is 0.879 bits per heavy atom. The molecular weight excluding hydrogens is 422 g/mol. The lowest BCUT2D eigenvalue weighted by Crippen LogP contribution is -2.49. The molecule has 0 saturated heterocycles. The number of carbonyl (C=O) groups excluding carboxylic acids is 4. The maximum atomic E-state index is 12.4. The summed E-state index contributed by atoms with van der Waals surface area (Å²) < 4.78 is 4.75. The number of amides is 3. The summed E-state index contributed by atoms with van der Waals surface area (Å²) in [5.41, 5.74) is 4.49. The fourth-order valence-electron chi connectivity index (χ4n) is 3.63. The van der Waals surface area contributed by atoms with E-state index in [0.717, 1.165) is 19.3 Å². The second-order valence-corrected chi connectivity index (χ2v) is 9.49. The number of hydrogen-bond donors (Lipinski definition) is 3. The van der Waals surface area contributed by atoms with Crippen molar-refractivity contribution >= 4 is 23.7 Å². The van der Waals surface area contributed by atoms with Gasteiger partial charge in [-0.3, -0.25) is 19.2 Å². The van der Waals surface area contributed by atoms with Crippen molar-refractivity contribution in [2.45, 2.75) is 117 Å². The van der Waals surface area contributed by atoms with E-state index in [1.807, 2.05) is 0 Å². The standard InChI is InChI=1S/C25H47N3O5/c1-5-6-7-8-9-10-11-12-13-14-15-16-22(30)28-20(19-21(26)29)23(31)27-18-17-25(2,3)24(32)33-4/h20H,5-19H2,1-4H3,(H2,26,29)(H,27,31)(H,28,30). The molecule has 0 aliphatic carbocycles. The molecule has 4 N–H and O–H groups in total. The molecule has 3 amide bonds. The van der Waals surface area contributed by atoms with Crippen LogP contribution < -0.4 is 16.4 Å². The number of ether oxygens (including phenoxy) is 1. The lowest BCUT2D eigenvalue weighted by molar-refractivity contribution is -0.151. The number of carbonyl (C=O) groups is 4. The lowest BCUT2D eigenvalue weighted by Gasteiger charge is -2.22. The molecule has 33 heavy (non-hydrogen) atoms. The Morgan fingerprint density at radius 2 is 1.39 bits per heavy atom. The van der Waals surface area contributed by atoms with E-state index in [1.54, 1.807) is 13.8 Å². The van der Waals surface area contributed by atoms with E-state index in [4.69, 9.17) is 10.5 Å². The van der Waals surface area contributed by atoms with Crippen LogP contribution in [0.1, 0.15) is 111 Å². The number of hydrogen-bond acceptors (Lipinski definition) is 5. The van der Waals surface area contributed by atoms with Gasteiger partial charge >= 0.3 is 5.97 Å². The molecule has 0 saturated carbocycles. The summed E-state index contributed by atoms with van der Waals surface area (Å²) in [6, 6.07) is -1.01. The summed E-state index contributed by atoms with van der Waals surface area (Å²) in [7, 11) is 1.32. The third-order valence-corrected chi connectivity index (χ3v) is 5.85. The SMILES string of the molecule is CCCCCCCCCCCCCC(=O)NC(CC(N)=O)C(=O)NCCC(C)(C)C(=O)OC. The molecule has 1 atom stereocenters. The van der Waals surface area contributed by atoms with Crippen molar-refractivity contribution in [2.24, 2.45) is 11.1 Å². The molecule has 0 heterocycles. The molecule has 8 heteroatoms. The average Bonchev–Trinajstić information content (AvgIpc) is 2.75. The number of esters is 1. The highest BCUT2D eigenvalue weighted by Gasteiger charge is 2.29. The van der Waals surface area contributed by atoms with Crippen molar-refractivity contribution < 1.29 is 23.9 Å². The van der Waals surface area contributed by atoms with Gasteiger partial charge in [0.25, 0.3) is 0 Å². The van der Waals surface area contributed by atoms with Crippen molar-refractivity contribution in [3.63, 3.8) is 0 Å². The minimum absolute atomic E-state index is 0.213. The molecule has 0 aliphatic rings. The number of primary amides is 1. The first-order valence-electron chi connectivity index (χ1n) is 12.6. The summed E-state index contributed by atoms with van der Waals surface area (Å²) in [5, 5.41) is 5.29. The molecule has 0 bridgehead atoms. The molecule has 0 spiro atoms. The molecule has 192 valence electrons. The van der Waals surface area contributed by atoms with Crippen LogP contribution in [0.2, 0.25) is 0 Å². The Morgan fingerprint density at radius 3 is 1.88 bits per heavy atom. The Labute approximate surface area is 200 Å². The Balaban J connectivity index is 4.16. The zero-order valence-corrected chi connectivity index (χ0v) is 21.3. The summed E-state index contributed by atoms with van der Waals surface area (Å²) in [6.45, 7) is 5.89. The molecule has 0 aromatic heterocycles. The van der Waals surface area contributed by atoms with Crippen LogP contribution >= 0.6 is 0 Å². The average molecular weight is 470 g/mol. The highest BCUT2D eigenvalue weighted by Crippen LogP contribution is 2.21. The Hall–Kier alpha value is -2.12. The van der Waals surface area contributed by atoms with Crippen LogP contribution in [0.4, 0.5) is 0 Å². The lowest BCUT2D eigenvalue weighted by atomic mass is 9.89. The van der Waals surface area contributed by atoms with Crippen LogP contribution in [0.15, 0.2) is 0 Å². The van der Waals surface area contributed by atoms with E-state index in [1.165, 1.54) is 58.5 Å². The van der Waals surface area contributed by atoms with Gasteiger partial charge in [-0.1, -0.05) is 71.1 Å². The quantitative estimate of drug-likeness (QED) is 0.185. The smallest absolute Gasteiger partial charge is 0.311 e. The van der Waals surface area contributed by atoms with Crippen molar-refractivity contribution in [3.8, 4) is 0 Å². The first kappa shape index (κ1) is 30.9. The third kappa shape index (κ3) is 16.2. The van der Waals surface area contributed by atoms with E-state index >= 15 is 0 Å². The molecule has 0 rings (SSSR count). The molecule has 0 fully saturated rings. The summed E-state index contributed by atoms with van der Waals surface area (Å²) in [5.74, 6) is -1.78. The van der Waals surface area contributed by atoms with Crippen LogP contribution in [0, 0.1) is 5.41 Å². The van der Waals surface area contributed by atoms with Gasteiger partial charge in [0.05, 0.1) is 18.9 Å². The minimum Gasteiger partial charge on any atom is -0.469 e. The van der Waals surface area contributed by atoms with Gasteiger partial charge in [0.15, 0.2) is 0 Å². The van der Waals surface area contributed by atoms with Crippen LogP contribution in [0.25, 0.3) is 0 Å². The van der Waals surface area contributed by atoms with Gasteiger partial charge in [-0.25, -0.2) is 0 Å². The van der Waals surface area contributed by atoms with Crippen molar-refractivity contribution in [1.29, 1.82) is 0 Å². The van der Waals surface area contributed by atoms with E-state index < -0.39 is 23.3 Å². The number of methoxy groups -OCH3 is 1. The Bertz CT molecular complexity index is 593. The molecule has 0 aromatic carbocycles. The zero-order chi connectivity index (χ0) is 25.1. The van der Waals surface area contributed by atoms with Gasteiger partial charge in [0, 0.05) is 13.0 Å². The summed E-state index contributed by atoms with van der Waals surface area (Å²) >= 11 is 0. The van der Waals surface area contributed by atoms with E-state index in [2.05, 4.69) is 17.6 Å². The maximum Gasteiger partial charge on any atom is 0.311 e. The highest BCUT2D eigenvalue weighted by atomic mass is 16.5. The minimum atomic E-state index is -1.01. The highest BCUT2D eigenvalue weighted by molar-refractivity contribution is 5.91. The third-order valence-electron chi connectivity index (χ3n) is 5.85. The van der Waals surface area contributed by atoms with Crippen LogP contribution in [0.3, 0.4) is 0 Å². The first-order valence-corrected chi connectivity index (χ1v) is 12.6. The monoisotopic (exact) mass is 469 g/mol. The van der Waals surface area contributed by atoms with Crippen molar-refractivity contribution in [1.82, 2.24) is 10.6 Å². The molecule has 1 unspecified atom stereocenters. The molecule has 0 aliphatic heterocycles. The topological polar surface area (TPSA) is 128 Å². The normalized spacial score (nSPS) is 12.1. The number of nitrogens with one attached hydrogen (secondary N) is 2. The molecule has 8 nitrogen and oxygen atoms in total. The van der Waals surface area contributed by atoms with Gasteiger partial charge in [-0.2, -0.15) is 0 Å². The van der Waals surface area contributed by atoms with Crippen LogP contribution in [-0.2, 0) is 23.9 Å². The molecular formula is C25H47N3O5. The van der Waals surface area contributed by atoms with Crippen LogP contribution in [0.5, 0.6) is 0 Å². The second kappa shape index (κ2) is 18.3. The van der Waals surface area contributed by atoms with Gasteiger partial charge in [-0.05, 0) is 26.7 Å². The van der Waals surface area contributed by atoms with Gasteiger partial charge in [-0.15, -0.1) is 0 Å². The zero-order valence-electron chi connectivity index (χ0n) is 21.3. The van der Waals surface area contributed by atoms with E-state index in [9.17, 15) is 19.2 Å². The number of rotatable bonds is 20. The van der Waals surface area contributed by atoms with Crippen LogP contribution in [-0.4, -0.2) is 43.4 Å². The summed E-state index contributed by atoms with van der Waals surface area (Å²) in [4.78, 5) is 47.8. The van der Waals surface area contributed by atoms with Crippen molar-refractivity contribution in [3.05, 3.63) is 0 Å². The number of unbranched alkanes of at least 4 members (excludes halogenated alkanes) is 10. The second-order valence-electron chi connectivity index (χ2n) is 9.49. The fraction of sp³-hybridized carbons (Fsp3) is 0.840. The van der Waals surface area contributed by atoms with Gasteiger partial charge in [0.2, 0.25) is 17.7 Å². The Kier molecular flexibility index (Phi) is 17.1. The largest absolute Gasteiger partial charge is 0.469 e. The predicted molar refractivity (Wildman–Crippen MR) is 130 cm³/mol. The van der Waals surface area contributed by atoms with E-state index in [0.29, 0.717) is 12.8 Å². The van der Waals surface area contributed by atoms with Gasteiger partial charge < -0.3 is 21.1 Å². The maximum absolute atomic E-state index is 12.4. The fourth-order valence-corrected chi connectivity index (χ4v) is 3.63. The summed E-state index contributed by atoms with van der Waals surface area (Å²) in [6.07, 6.45) is 13.5. The predicted octanol–water partition coefficient (Wildman–Crippen LogP) is 3.75. The van der Waals surface area contributed by atoms with Gasteiger partial charge in [0.1, 0.15) is 6.04 Å². The molecule has 0 aromatic rings. The number of nitrogens with two attached hydrogens (primary N) is 1. The molecule has 0 radical (unpaired) electrons. The van der Waals surface area contributed by atoms with E-state index in [-0.39, 0.29) is 24.8 Å².